The maximum absolute atomic E-state index is 10.1. The largest absolute Gasteiger partial charge is 0.472 e. The quantitative estimate of drug-likeness (QED) is 0.530. The zero-order valence-corrected chi connectivity index (χ0v) is 5.48. The number of rotatable bonds is 0. The van der Waals surface area contributed by atoms with Gasteiger partial charge in [-0.05, 0) is 0 Å². The lowest BCUT2D eigenvalue weighted by Crippen LogP contribution is -2.07. The van der Waals surface area contributed by atoms with Crippen molar-refractivity contribution in [3.8, 4) is 0 Å². The van der Waals surface area contributed by atoms with Gasteiger partial charge in [0.2, 0.25) is 0 Å². The molecule has 1 heterocycles. The summed E-state index contributed by atoms with van der Waals surface area (Å²) in [5, 5.41) is 0.391. The second-order valence-electron chi connectivity index (χ2n) is 1.41. The Morgan fingerprint density at radius 1 is 1.89 bits per heavy atom. The molecule has 4 nitrogen and oxygen atoms in total. The molecular weight excluding hydrogens is 140 g/mol. The number of hydrogen-bond acceptors (Lipinski definition) is 3. The van der Waals surface area contributed by atoms with Crippen molar-refractivity contribution in [1.82, 2.24) is 0 Å². The molecule has 5 heteroatoms. The van der Waals surface area contributed by atoms with E-state index in [9.17, 15) is 4.79 Å². The number of carbonyl (C=O) groups excluding carboxylic acids is 1. The van der Waals surface area contributed by atoms with E-state index >= 15 is 0 Å². The van der Waals surface area contributed by atoms with Gasteiger partial charge in [0.15, 0.2) is 0 Å². The summed E-state index contributed by atoms with van der Waals surface area (Å²) in [5.74, 6) is 0.853. The summed E-state index contributed by atoms with van der Waals surface area (Å²) in [4.78, 5) is 13.5. The van der Waals surface area contributed by atoms with Crippen molar-refractivity contribution in [2.45, 2.75) is 0 Å². The molecule has 0 aliphatic carbocycles. The van der Waals surface area contributed by atoms with Crippen molar-refractivity contribution in [2.24, 2.45) is 10.7 Å². The summed E-state index contributed by atoms with van der Waals surface area (Å²) in [5.41, 5.74) is 4.75. The average Bonchev–Trinajstić information content (AvgIpc) is 2.15. The molecule has 0 spiro atoms. The van der Waals surface area contributed by atoms with Crippen LogP contribution in [0.1, 0.15) is 0 Å². The molecule has 2 N–H and O–H groups in total. The summed E-state index contributed by atoms with van der Waals surface area (Å²) >= 11 is 1.40. The van der Waals surface area contributed by atoms with Crippen molar-refractivity contribution < 1.29 is 9.53 Å². The molecule has 1 aliphatic rings. The van der Waals surface area contributed by atoms with Crippen molar-refractivity contribution >= 4 is 23.0 Å². The van der Waals surface area contributed by atoms with Gasteiger partial charge in [0.05, 0.1) is 0 Å². The normalized spacial score (nSPS) is 22.0. The van der Waals surface area contributed by atoms with Gasteiger partial charge >= 0.3 is 6.03 Å². The van der Waals surface area contributed by atoms with Crippen molar-refractivity contribution in [1.29, 1.82) is 0 Å². The predicted octanol–water partition coefficient (Wildman–Crippen LogP) is 0.185. The van der Waals surface area contributed by atoms with E-state index in [0.29, 0.717) is 11.8 Å². The van der Waals surface area contributed by atoms with E-state index in [1.807, 2.05) is 0 Å². The number of nitrogens with two attached hydrogens (primary N) is 1. The molecule has 9 heavy (non-hydrogen) atoms. The van der Waals surface area contributed by atoms with Gasteiger partial charge in [-0.15, -0.1) is 0 Å². The first-order valence-electron chi connectivity index (χ1n) is 2.43. The number of carbonyl (C=O) groups is 1. The summed E-state index contributed by atoms with van der Waals surface area (Å²) in [6.45, 7) is 0.622. The number of aliphatic imine (C=N–C) groups is 1. The van der Waals surface area contributed by atoms with E-state index in [1.165, 1.54) is 11.8 Å². The Labute approximate surface area is 56.5 Å². The Kier molecular flexibility index (Phi) is 1.94. The molecule has 1 saturated heterocycles. The van der Waals surface area contributed by atoms with Gasteiger partial charge in [-0.2, -0.15) is 4.99 Å². The second kappa shape index (κ2) is 2.72. The Bertz CT molecular complexity index is 149. The predicted molar refractivity (Wildman–Crippen MR) is 35.4 cm³/mol. The Hall–Kier alpha value is -0.710. The van der Waals surface area contributed by atoms with Crippen LogP contribution in [-0.2, 0) is 4.74 Å². The van der Waals surface area contributed by atoms with Gasteiger partial charge in [-0.25, -0.2) is 4.79 Å². The van der Waals surface area contributed by atoms with Crippen LogP contribution in [0.2, 0.25) is 0 Å². The highest BCUT2D eigenvalue weighted by atomic mass is 32.2. The molecule has 1 rings (SSSR count). The van der Waals surface area contributed by atoms with Gasteiger partial charge in [0.25, 0.3) is 5.23 Å². The summed E-state index contributed by atoms with van der Waals surface area (Å²) in [6.07, 6.45) is 0. The molecule has 1 aliphatic heterocycles. The molecule has 2 amide bonds. The molecule has 0 aromatic heterocycles. The molecule has 0 bridgehead atoms. The third-order valence-electron chi connectivity index (χ3n) is 0.736. The first-order valence-corrected chi connectivity index (χ1v) is 3.41. The molecule has 50 valence electrons. The van der Waals surface area contributed by atoms with Crippen LogP contribution in [-0.4, -0.2) is 23.6 Å². The zero-order valence-electron chi connectivity index (χ0n) is 4.66. The van der Waals surface area contributed by atoms with Crippen molar-refractivity contribution in [3.05, 3.63) is 0 Å². The van der Waals surface area contributed by atoms with E-state index in [0.717, 1.165) is 5.75 Å². The molecule has 0 atom stereocenters. The number of ether oxygens (including phenoxy) is 1. The average molecular weight is 146 g/mol. The van der Waals surface area contributed by atoms with Crippen LogP contribution in [0.15, 0.2) is 4.99 Å². The number of thioether (sulfide) groups is 1. The van der Waals surface area contributed by atoms with Gasteiger partial charge in [0, 0.05) is 5.75 Å². The fourth-order valence-corrected chi connectivity index (χ4v) is 1.12. The number of primary amides is 1. The van der Waals surface area contributed by atoms with Crippen LogP contribution < -0.4 is 5.73 Å². The molecule has 1 fully saturated rings. The minimum Gasteiger partial charge on any atom is -0.472 e. The summed E-state index contributed by atoms with van der Waals surface area (Å²) in [7, 11) is 0. The molecule has 0 saturated carbocycles. The topological polar surface area (TPSA) is 64.7 Å². The molecular formula is C4H6N2O2S. The minimum absolute atomic E-state index is 0.391. The van der Waals surface area contributed by atoms with Crippen LogP contribution in [0.4, 0.5) is 4.79 Å². The van der Waals surface area contributed by atoms with Gasteiger partial charge in [0.1, 0.15) is 6.61 Å². The highest BCUT2D eigenvalue weighted by Gasteiger charge is 2.10. The lowest BCUT2D eigenvalue weighted by molar-refractivity contribution is 0.255. The van der Waals surface area contributed by atoms with Crippen LogP contribution in [0.3, 0.4) is 0 Å². The van der Waals surface area contributed by atoms with E-state index in [-0.39, 0.29) is 0 Å². The lowest BCUT2D eigenvalue weighted by atomic mass is 10.9. The van der Waals surface area contributed by atoms with E-state index in [4.69, 9.17) is 10.5 Å². The molecule has 0 aromatic carbocycles. The fraction of sp³-hybridized carbons (Fsp3) is 0.500. The van der Waals surface area contributed by atoms with E-state index < -0.39 is 6.03 Å². The van der Waals surface area contributed by atoms with Crippen LogP contribution >= 0.6 is 11.8 Å². The highest BCUT2D eigenvalue weighted by Crippen LogP contribution is 2.12. The first kappa shape index (κ1) is 6.41. The van der Waals surface area contributed by atoms with Crippen molar-refractivity contribution in [3.63, 3.8) is 0 Å². The molecule has 0 unspecified atom stereocenters. The van der Waals surface area contributed by atoms with E-state index in [2.05, 4.69) is 4.99 Å². The van der Waals surface area contributed by atoms with Gasteiger partial charge in [-0.3, -0.25) is 0 Å². The molecule has 0 radical (unpaired) electrons. The highest BCUT2D eigenvalue weighted by molar-refractivity contribution is 8.13. The number of amides is 2. The second-order valence-corrected chi connectivity index (χ2v) is 2.46. The number of nitrogens with zero attached hydrogens (tertiary/aromatic N) is 1. The third kappa shape index (κ3) is 1.93. The Morgan fingerprint density at radius 3 is 3.11 bits per heavy atom. The van der Waals surface area contributed by atoms with Gasteiger partial charge in [-0.1, -0.05) is 11.8 Å². The van der Waals surface area contributed by atoms with Crippen LogP contribution in [0, 0.1) is 0 Å². The standard InChI is InChI=1S/C4H6N2O2S/c5-3(7)6-4-8-1-2-9-4/h1-2H2,(H2,5,7)/b6-4+. The van der Waals surface area contributed by atoms with Crippen molar-refractivity contribution in [2.75, 3.05) is 12.4 Å². The third-order valence-corrected chi connectivity index (χ3v) is 1.56. The summed E-state index contributed by atoms with van der Waals surface area (Å²) < 4.78 is 4.88. The van der Waals surface area contributed by atoms with Gasteiger partial charge < -0.3 is 10.5 Å². The van der Waals surface area contributed by atoms with E-state index in [1.54, 1.807) is 0 Å². The SMILES string of the molecule is NC(=O)/N=C1\OCCS1. The minimum atomic E-state index is -0.695. The van der Waals surface area contributed by atoms with Crippen LogP contribution in [0.25, 0.3) is 0 Å². The molecule has 0 aromatic rings. The number of hydrogen-bond donors (Lipinski definition) is 1. The summed E-state index contributed by atoms with van der Waals surface area (Å²) in [6, 6.07) is -0.695. The lowest BCUT2D eigenvalue weighted by Gasteiger charge is -1.89. The monoisotopic (exact) mass is 146 g/mol. The van der Waals surface area contributed by atoms with Crippen LogP contribution in [0.5, 0.6) is 0 Å². The first-order chi connectivity index (χ1) is 4.29. The maximum Gasteiger partial charge on any atom is 0.342 e. The Balaban J connectivity index is 2.49. The smallest absolute Gasteiger partial charge is 0.342 e. The fourth-order valence-electron chi connectivity index (χ4n) is 0.454. The maximum atomic E-state index is 10.1. The zero-order chi connectivity index (χ0) is 6.69. The Morgan fingerprint density at radius 2 is 2.67 bits per heavy atom. The number of urea groups is 1.